The molecular formula is C9H13F3O5. The highest BCUT2D eigenvalue weighted by molar-refractivity contribution is 5.98. The number of hydrogen-bond acceptors (Lipinski definition) is 4. The number of halogens is 3. The largest absolute Gasteiger partial charge is 0.522 e. The quantitative estimate of drug-likeness (QED) is 0.578. The molecule has 17 heavy (non-hydrogen) atoms. The summed E-state index contributed by atoms with van der Waals surface area (Å²) in [5.41, 5.74) is -2.04. The minimum atomic E-state index is -4.85. The van der Waals surface area contributed by atoms with Crippen LogP contribution in [-0.4, -0.2) is 36.6 Å². The lowest BCUT2D eigenvalue weighted by atomic mass is 9.87. The number of carbonyl (C=O) groups excluding carboxylic acids is 1. The Bertz CT molecular complexity index is 289. The van der Waals surface area contributed by atoms with Crippen LogP contribution in [0.15, 0.2) is 0 Å². The number of carboxylic acids is 1. The Morgan fingerprint density at radius 1 is 1.29 bits per heavy atom. The van der Waals surface area contributed by atoms with Crippen molar-refractivity contribution in [2.24, 2.45) is 5.41 Å². The van der Waals surface area contributed by atoms with Crippen molar-refractivity contribution in [2.45, 2.75) is 26.6 Å². The summed E-state index contributed by atoms with van der Waals surface area (Å²) in [5, 5.41) is 8.82. The van der Waals surface area contributed by atoms with Crippen LogP contribution in [0.4, 0.5) is 13.2 Å². The highest BCUT2D eigenvalue weighted by atomic mass is 19.4. The number of ether oxygens (including phenoxy) is 2. The molecule has 1 N–H and O–H groups in total. The normalized spacial score (nSPS) is 15.1. The van der Waals surface area contributed by atoms with E-state index in [4.69, 9.17) is 5.11 Å². The van der Waals surface area contributed by atoms with E-state index in [-0.39, 0.29) is 6.61 Å². The molecule has 0 radical (unpaired) electrons. The molecule has 0 aromatic heterocycles. The number of alkyl halides is 3. The molecule has 0 bridgehead atoms. The molecule has 1 atom stereocenters. The monoisotopic (exact) mass is 258 g/mol. The van der Waals surface area contributed by atoms with E-state index in [0.717, 1.165) is 6.92 Å². The topological polar surface area (TPSA) is 72.8 Å². The van der Waals surface area contributed by atoms with E-state index < -0.39 is 36.7 Å². The number of carbonyl (C=O) groups is 2. The average Bonchev–Trinajstić information content (AvgIpc) is 2.15. The van der Waals surface area contributed by atoms with Crippen LogP contribution in [0.1, 0.15) is 20.3 Å². The first-order valence-corrected chi connectivity index (χ1v) is 4.75. The Morgan fingerprint density at radius 3 is 2.18 bits per heavy atom. The zero-order chi connectivity index (χ0) is 13.7. The first-order valence-electron chi connectivity index (χ1n) is 4.75. The van der Waals surface area contributed by atoms with Gasteiger partial charge in [-0.05, 0) is 20.3 Å². The minimum absolute atomic E-state index is 0.0537. The Hall–Kier alpha value is -1.31. The van der Waals surface area contributed by atoms with Crippen molar-refractivity contribution < 1.29 is 37.3 Å². The first-order chi connectivity index (χ1) is 7.63. The van der Waals surface area contributed by atoms with Gasteiger partial charge in [-0.2, -0.15) is 0 Å². The SMILES string of the molecule is CCOC(=O)C(C)(CCOC(F)(F)F)C(=O)O. The fraction of sp³-hybridized carbons (Fsp3) is 0.778. The van der Waals surface area contributed by atoms with Crippen molar-refractivity contribution in [1.82, 2.24) is 0 Å². The summed E-state index contributed by atoms with van der Waals surface area (Å²) in [6.07, 6.45) is -5.48. The molecule has 0 aromatic carbocycles. The molecule has 100 valence electrons. The van der Waals surface area contributed by atoms with Gasteiger partial charge in [-0.25, -0.2) is 0 Å². The van der Waals surface area contributed by atoms with Gasteiger partial charge in [-0.1, -0.05) is 0 Å². The summed E-state index contributed by atoms with van der Waals surface area (Å²) in [6, 6.07) is 0. The number of rotatable bonds is 6. The van der Waals surface area contributed by atoms with Crippen molar-refractivity contribution in [1.29, 1.82) is 0 Å². The summed E-state index contributed by atoms with van der Waals surface area (Å²) < 4.78 is 43.0. The fourth-order valence-corrected chi connectivity index (χ4v) is 0.958. The predicted molar refractivity (Wildman–Crippen MR) is 49.0 cm³/mol. The molecule has 0 aliphatic carbocycles. The zero-order valence-corrected chi connectivity index (χ0v) is 9.34. The highest BCUT2D eigenvalue weighted by Crippen LogP contribution is 2.26. The second-order valence-electron chi connectivity index (χ2n) is 3.40. The molecule has 0 rings (SSSR count). The van der Waals surface area contributed by atoms with Gasteiger partial charge in [0.1, 0.15) is 0 Å². The van der Waals surface area contributed by atoms with Crippen LogP contribution >= 0.6 is 0 Å². The molecule has 0 saturated heterocycles. The van der Waals surface area contributed by atoms with E-state index in [1.165, 1.54) is 6.92 Å². The van der Waals surface area contributed by atoms with Gasteiger partial charge < -0.3 is 9.84 Å². The second kappa shape index (κ2) is 5.85. The Labute approximate surface area is 95.5 Å². The van der Waals surface area contributed by atoms with Crippen molar-refractivity contribution in [3.63, 3.8) is 0 Å². The Balaban J connectivity index is 4.53. The van der Waals surface area contributed by atoms with Crippen molar-refractivity contribution in [3.8, 4) is 0 Å². The molecule has 0 spiro atoms. The number of carboxylic acid groups (broad SMARTS) is 1. The van der Waals surface area contributed by atoms with E-state index >= 15 is 0 Å². The van der Waals surface area contributed by atoms with Crippen LogP contribution < -0.4 is 0 Å². The number of aliphatic carboxylic acids is 1. The molecule has 1 unspecified atom stereocenters. The summed E-state index contributed by atoms with van der Waals surface area (Å²) >= 11 is 0. The van der Waals surface area contributed by atoms with Gasteiger partial charge in [-0.15, -0.1) is 13.2 Å². The maximum absolute atomic E-state index is 11.7. The zero-order valence-electron chi connectivity index (χ0n) is 9.34. The van der Waals surface area contributed by atoms with Gasteiger partial charge in [0, 0.05) is 0 Å². The second-order valence-corrected chi connectivity index (χ2v) is 3.40. The van der Waals surface area contributed by atoms with Crippen LogP contribution in [0, 0.1) is 5.41 Å². The van der Waals surface area contributed by atoms with Crippen molar-refractivity contribution in [3.05, 3.63) is 0 Å². The molecule has 0 amide bonds. The van der Waals surface area contributed by atoms with E-state index in [1.807, 2.05) is 0 Å². The first kappa shape index (κ1) is 15.7. The van der Waals surface area contributed by atoms with Crippen LogP contribution in [-0.2, 0) is 19.1 Å². The minimum Gasteiger partial charge on any atom is -0.480 e. The van der Waals surface area contributed by atoms with E-state index in [1.54, 1.807) is 0 Å². The van der Waals surface area contributed by atoms with E-state index in [2.05, 4.69) is 9.47 Å². The molecule has 8 heteroatoms. The molecule has 0 heterocycles. The van der Waals surface area contributed by atoms with E-state index in [9.17, 15) is 22.8 Å². The molecular weight excluding hydrogens is 245 g/mol. The lowest BCUT2D eigenvalue weighted by Gasteiger charge is -2.22. The van der Waals surface area contributed by atoms with Crippen molar-refractivity contribution in [2.75, 3.05) is 13.2 Å². The molecule has 0 aliphatic heterocycles. The van der Waals surface area contributed by atoms with Crippen LogP contribution in [0.25, 0.3) is 0 Å². The number of hydrogen-bond donors (Lipinski definition) is 1. The van der Waals surface area contributed by atoms with Crippen LogP contribution in [0.5, 0.6) is 0 Å². The van der Waals surface area contributed by atoms with Gasteiger partial charge >= 0.3 is 18.3 Å². The Morgan fingerprint density at radius 2 is 1.82 bits per heavy atom. The van der Waals surface area contributed by atoms with Crippen molar-refractivity contribution >= 4 is 11.9 Å². The van der Waals surface area contributed by atoms with Crippen LogP contribution in [0.3, 0.4) is 0 Å². The predicted octanol–water partition coefficient (Wildman–Crippen LogP) is 1.57. The lowest BCUT2D eigenvalue weighted by molar-refractivity contribution is -0.326. The average molecular weight is 258 g/mol. The summed E-state index contributed by atoms with van der Waals surface area (Å²) in [5.74, 6) is -2.64. The molecule has 0 fully saturated rings. The third-order valence-corrected chi connectivity index (χ3v) is 2.07. The third kappa shape index (κ3) is 5.03. The number of esters is 1. The Kier molecular flexibility index (Phi) is 5.40. The van der Waals surface area contributed by atoms with Gasteiger partial charge in [0.15, 0.2) is 5.41 Å². The molecule has 0 aromatic rings. The van der Waals surface area contributed by atoms with Gasteiger partial charge in [0.25, 0.3) is 0 Å². The summed E-state index contributed by atoms with van der Waals surface area (Å²) in [6.45, 7) is 1.48. The van der Waals surface area contributed by atoms with Crippen LogP contribution in [0.2, 0.25) is 0 Å². The lowest BCUT2D eigenvalue weighted by Crippen LogP contribution is -2.39. The fourth-order valence-electron chi connectivity index (χ4n) is 0.958. The summed E-state index contributed by atoms with van der Waals surface area (Å²) in [7, 11) is 0. The third-order valence-electron chi connectivity index (χ3n) is 2.07. The van der Waals surface area contributed by atoms with Gasteiger partial charge in [0.2, 0.25) is 0 Å². The molecule has 0 saturated carbocycles. The summed E-state index contributed by atoms with van der Waals surface area (Å²) in [4.78, 5) is 22.2. The molecule has 0 aliphatic rings. The van der Waals surface area contributed by atoms with E-state index in [0.29, 0.717) is 0 Å². The maximum Gasteiger partial charge on any atom is 0.522 e. The van der Waals surface area contributed by atoms with Gasteiger partial charge in [-0.3, -0.25) is 14.3 Å². The van der Waals surface area contributed by atoms with Gasteiger partial charge in [0.05, 0.1) is 13.2 Å². The molecule has 5 nitrogen and oxygen atoms in total. The highest BCUT2D eigenvalue weighted by Gasteiger charge is 2.43. The standard InChI is InChI=1S/C9H13F3O5/c1-3-16-7(15)8(2,6(13)14)4-5-17-9(10,11)12/h3-5H2,1-2H3,(H,13,14). The maximum atomic E-state index is 11.7. The smallest absolute Gasteiger partial charge is 0.480 e.